The van der Waals surface area contributed by atoms with Gasteiger partial charge >= 0.3 is 5.97 Å². The van der Waals surface area contributed by atoms with Crippen molar-refractivity contribution in [3.63, 3.8) is 0 Å². The summed E-state index contributed by atoms with van der Waals surface area (Å²) in [5, 5.41) is 0.401. The average molecular weight is 203 g/mol. The fourth-order valence-electron chi connectivity index (χ4n) is 0.718. The summed E-state index contributed by atoms with van der Waals surface area (Å²) in [4.78, 5) is 11.2. The Kier molecular flexibility index (Phi) is 5.52. The van der Waals surface area contributed by atoms with E-state index in [1.807, 2.05) is 13.8 Å². The van der Waals surface area contributed by atoms with Crippen LogP contribution in [0.25, 0.3) is 0 Å². The Bertz CT molecular complexity index is 246. The molecule has 1 unspecified atom stereocenters. The lowest BCUT2D eigenvalue weighted by molar-refractivity contribution is -0.145. The maximum absolute atomic E-state index is 11.2. The molecule has 0 amide bonds. The standard InChI is InChI=1S/C10H15ClO2/c1-5-13-10(12)8(4)9(11)6-7(2)3/h8H,5H2,1-4H3. The molecule has 0 aliphatic carbocycles. The van der Waals surface area contributed by atoms with E-state index < -0.39 is 5.92 Å². The van der Waals surface area contributed by atoms with Crippen LogP contribution in [0.15, 0.2) is 16.3 Å². The topological polar surface area (TPSA) is 26.3 Å². The minimum Gasteiger partial charge on any atom is -0.465 e. The predicted octanol–water partition coefficient (Wildman–Crippen LogP) is 2.87. The molecule has 0 aromatic carbocycles. The second kappa shape index (κ2) is 5.85. The van der Waals surface area contributed by atoms with Gasteiger partial charge in [0.15, 0.2) is 0 Å². The van der Waals surface area contributed by atoms with E-state index in [9.17, 15) is 4.79 Å². The van der Waals surface area contributed by atoms with Gasteiger partial charge in [-0.05, 0) is 33.3 Å². The van der Waals surface area contributed by atoms with Crippen molar-refractivity contribution in [2.45, 2.75) is 27.7 Å². The number of hydrogen-bond donors (Lipinski definition) is 0. The highest BCUT2D eigenvalue weighted by Gasteiger charge is 2.16. The number of ether oxygens (including phenoxy) is 1. The highest BCUT2D eigenvalue weighted by Crippen LogP contribution is 2.15. The first-order valence-corrected chi connectivity index (χ1v) is 4.63. The zero-order valence-corrected chi connectivity index (χ0v) is 9.23. The predicted molar refractivity (Wildman–Crippen MR) is 53.5 cm³/mol. The molecule has 1 atom stereocenters. The van der Waals surface area contributed by atoms with Gasteiger partial charge in [0.1, 0.15) is 0 Å². The van der Waals surface area contributed by atoms with Gasteiger partial charge in [-0.2, -0.15) is 0 Å². The molecule has 0 N–H and O–H groups in total. The zero-order valence-electron chi connectivity index (χ0n) is 8.48. The molecule has 2 nitrogen and oxygen atoms in total. The third-order valence-electron chi connectivity index (χ3n) is 1.39. The molecule has 0 heterocycles. The Labute approximate surface area is 84.2 Å². The third-order valence-corrected chi connectivity index (χ3v) is 1.81. The Balaban J connectivity index is 4.52. The lowest BCUT2D eigenvalue weighted by atomic mass is 10.1. The van der Waals surface area contributed by atoms with Crippen LogP contribution in [-0.2, 0) is 9.53 Å². The summed E-state index contributed by atoms with van der Waals surface area (Å²) in [5.41, 5.74) is 3.83. The molecule has 0 spiro atoms. The van der Waals surface area contributed by atoms with Crippen LogP contribution in [0.4, 0.5) is 0 Å². The van der Waals surface area contributed by atoms with Gasteiger partial charge in [0.2, 0.25) is 0 Å². The second-order valence-corrected chi connectivity index (χ2v) is 3.35. The number of rotatable bonds is 3. The Morgan fingerprint density at radius 1 is 1.54 bits per heavy atom. The smallest absolute Gasteiger partial charge is 0.314 e. The fourth-order valence-corrected chi connectivity index (χ4v) is 0.996. The highest BCUT2D eigenvalue weighted by molar-refractivity contribution is 6.31. The summed E-state index contributed by atoms with van der Waals surface area (Å²) in [6.07, 6.45) is 0. The fraction of sp³-hybridized carbons (Fsp3) is 0.600. The molecular formula is C10H15ClO2. The maximum atomic E-state index is 11.2. The largest absolute Gasteiger partial charge is 0.465 e. The molecule has 0 saturated heterocycles. The summed E-state index contributed by atoms with van der Waals surface area (Å²) in [5.74, 6) is -0.724. The molecule has 0 radical (unpaired) electrons. The molecular weight excluding hydrogens is 188 g/mol. The van der Waals surface area contributed by atoms with Crippen molar-refractivity contribution in [3.05, 3.63) is 16.3 Å². The van der Waals surface area contributed by atoms with E-state index in [1.54, 1.807) is 13.8 Å². The summed E-state index contributed by atoms with van der Waals surface area (Å²) >= 11 is 5.84. The van der Waals surface area contributed by atoms with Crippen molar-refractivity contribution in [1.29, 1.82) is 0 Å². The van der Waals surface area contributed by atoms with Crippen molar-refractivity contribution in [1.82, 2.24) is 0 Å². The number of carbonyl (C=O) groups excluding carboxylic acids is 1. The van der Waals surface area contributed by atoms with Crippen LogP contribution in [0.2, 0.25) is 0 Å². The van der Waals surface area contributed by atoms with E-state index in [4.69, 9.17) is 16.3 Å². The minimum absolute atomic E-state index is 0.304. The van der Waals surface area contributed by atoms with Gasteiger partial charge < -0.3 is 4.74 Å². The highest BCUT2D eigenvalue weighted by atomic mass is 35.5. The van der Waals surface area contributed by atoms with E-state index in [-0.39, 0.29) is 5.97 Å². The number of halogens is 1. The van der Waals surface area contributed by atoms with Crippen LogP contribution in [0.1, 0.15) is 27.7 Å². The summed E-state index contributed by atoms with van der Waals surface area (Å²) < 4.78 is 4.81. The second-order valence-electron chi connectivity index (χ2n) is 2.95. The first-order chi connectivity index (χ1) is 5.99. The molecule has 13 heavy (non-hydrogen) atoms. The normalized spacial score (nSPS) is 11.5. The van der Waals surface area contributed by atoms with Crippen LogP contribution >= 0.6 is 11.6 Å². The van der Waals surface area contributed by atoms with Crippen molar-refractivity contribution in [3.8, 4) is 0 Å². The van der Waals surface area contributed by atoms with Crippen LogP contribution in [-0.4, -0.2) is 12.6 Å². The summed E-state index contributed by atoms with van der Waals surface area (Å²) in [6, 6.07) is 0. The van der Waals surface area contributed by atoms with Crippen molar-refractivity contribution < 1.29 is 9.53 Å². The molecule has 3 heteroatoms. The van der Waals surface area contributed by atoms with E-state index in [0.29, 0.717) is 11.6 Å². The van der Waals surface area contributed by atoms with Gasteiger partial charge in [-0.3, -0.25) is 4.79 Å². The zero-order chi connectivity index (χ0) is 10.4. The van der Waals surface area contributed by atoms with E-state index in [1.165, 1.54) is 0 Å². The number of esters is 1. The molecule has 0 aliphatic heterocycles. The van der Waals surface area contributed by atoms with Crippen LogP contribution in [0, 0.1) is 5.92 Å². The van der Waals surface area contributed by atoms with Crippen molar-refractivity contribution in [2.75, 3.05) is 6.61 Å². The maximum Gasteiger partial charge on any atom is 0.314 e. The Morgan fingerprint density at radius 3 is 2.46 bits per heavy atom. The first kappa shape index (κ1) is 12.3. The van der Waals surface area contributed by atoms with Gasteiger partial charge in [0, 0.05) is 0 Å². The van der Waals surface area contributed by atoms with Crippen LogP contribution < -0.4 is 0 Å². The molecule has 0 aromatic rings. The number of carbonyl (C=O) groups is 1. The van der Waals surface area contributed by atoms with Gasteiger partial charge in [-0.15, -0.1) is 5.73 Å². The van der Waals surface area contributed by atoms with Crippen molar-refractivity contribution in [2.24, 2.45) is 5.92 Å². The quantitative estimate of drug-likeness (QED) is 0.520. The molecule has 0 aliphatic rings. The molecule has 74 valence electrons. The molecule has 0 rings (SSSR count). The monoisotopic (exact) mass is 202 g/mol. The van der Waals surface area contributed by atoms with E-state index in [0.717, 1.165) is 5.57 Å². The Hall–Kier alpha value is -0.720. The lowest BCUT2D eigenvalue weighted by Crippen LogP contribution is -2.14. The van der Waals surface area contributed by atoms with Gasteiger partial charge in [0.05, 0.1) is 17.6 Å². The van der Waals surface area contributed by atoms with Gasteiger partial charge in [-0.25, -0.2) is 0 Å². The van der Waals surface area contributed by atoms with Gasteiger partial charge in [0.25, 0.3) is 0 Å². The van der Waals surface area contributed by atoms with E-state index in [2.05, 4.69) is 5.73 Å². The average Bonchev–Trinajstić information content (AvgIpc) is 2.02. The number of hydrogen-bond acceptors (Lipinski definition) is 2. The molecule has 0 fully saturated rings. The Morgan fingerprint density at radius 2 is 2.08 bits per heavy atom. The first-order valence-electron chi connectivity index (χ1n) is 4.25. The van der Waals surface area contributed by atoms with E-state index >= 15 is 0 Å². The summed E-state index contributed by atoms with van der Waals surface area (Å²) in [7, 11) is 0. The molecule has 0 saturated carbocycles. The molecule has 0 aromatic heterocycles. The SMILES string of the molecule is CCOC(=O)C(C)C(Cl)=C=C(C)C. The van der Waals surface area contributed by atoms with Gasteiger partial charge in [-0.1, -0.05) is 11.6 Å². The van der Waals surface area contributed by atoms with Crippen molar-refractivity contribution >= 4 is 17.6 Å². The molecule has 0 bridgehead atoms. The third kappa shape index (κ3) is 4.76. The van der Waals surface area contributed by atoms with Crippen LogP contribution in [0.3, 0.4) is 0 Å². The minimum atomic E-state index is -0.420. The summed E-state index contributed by atoms with van der Waals surface area (Å²) in [6.45, 7) is 7.60. The lowest BCUT2D eigenvalue weighted by Gasteiger charge is -2.07. The van der Waals surface area contributed by atoms with Crippen LogP contribution in [0.5, 0.6) is 0 Å².